The maximum atomic E-state index is 13.3. The molecule has 1 unspecified atom stereocenters. The van der Waals surface area contributed by atoms with Gasteiger partial charge in [-0.25, -0.2) is 4.79 Å². The van der Waals surface area contributed by atoms with Crippen molar-refractivity contribution in [2.24, 2.45) is 0 Å². The van der Waals surface area contributed by atoms with Crippen molar-refractivity contribution in [1.29, 1.82) is 0 Å². The first-order valence-corrected chi connectivity index (χ1v) is 11.5. The Balaban J connectivity index is 1.65. The molecule has 0 spiro atoms. The van der Waals surface area contributed by atoms with E-state index in [4.69, 9.17) is 14.2 Å². The van der Waals surface area contributed by atoms with Crippen LogP contribution in [0.1, 0.15) is 29.2 Å². The van der Waals surface area contributed by atoms with Gasteiger partial charge in [-0.3, -0.25) is 4.79 Å². The van der Waals surface area contributed by atoms with Crippen molar-refractivity contribution < 1.29 is 23.8 Å². The highest BCUT2D eigenvalue weighted by molar-refractivity contribution is 5.87. The van der Waals surface area contributed by atoms with Gasteiger partial charge in [-0.05, 0) is 29.7 Å². The van der Waals surface area contributed by atoms with E-state index in [1.54, 1.807) is 18.9 Å². The minimum absolute atomic E-state index is 0.113. The van der Waals surface area contributed by atoms with E-state index < -0.39 is 12.0 Å². The number of ether oxygens (including phenoxy) is 3. The van der Waals surface area contributed by atoms with E-state index in [0.29, 0.717) is 31.1 Å². The number of carbonyl (C=O) groups is 2. The summed E-state index contributed by atoms with van der Waals surface area (Å²) in [5.41, 5.74) is 3.74. The van der Waals surface area contributed by atoms with Gasteiger partial charge in [0, 0.05) is 18.5 Å². The summed E-state index contributed by atoms with van der Waals surface area (Å²) in [6.45, 7) is 2.69. The highest BCUT2D eigenvalue weighted by atomic mass is 16.5. The zero-order chi connectivity index (χ0) is 23.9. The van der Waals surface area contributed by atoms with Crippen molar-refractivity contribution in [2.75, 3.05) is 13.7 Å². The van der Waals surface area contributed by atoms with Gasteiger partial charge in [0.2, 0.25) is 5.91 Å². The van der Waals surface area contributed by atoms with E-state index in [9.17, 15) is 9.59 Å². The Bertz CT molecular complexity index is 1130. The molecule has 0 aliphatic carbocycles. The second-order valence-corrected chi connectivity index (χ2v) is 8.16. The maximum absolute atomic E-state index is 13.3. The minimum Gasteiger partial charge on any atom is -0.493 e. The lowest BCUT2D eigenvalue weighted by Crippen LogP contribution is -2.50. The van der Waals surface area contributed by atoms with Crippen LogP contribution >= 0.6 is 0 Å². The van der Waals surface area contributed by atoms with E-state index in [-0.39, 0.29) is 18.9 Å². The molecule has 6 nitrogen and oxygen atoms in total. The third-order valence-electron chi connectivity index (χ3n) is 5.96. The number of hydrogen-bond acceptors (Lipinski definition) is 5. The van der Waals surface area contributed by atoms with Crippen LogP contribution in [0.25, 0.3) is 0 Å². The van der Waals surface area contributed by atoms with Crippen LogP contribution in [0.4, 0.5) is 0 Å². The van der Waals surface area contributed by atoms with Crippen molar-refractivity contribution in [3.05, 3.63) is 95.1 Å². The molecule has 1 aliphatic heterocycles. The fraction of sp³-hybridized carbons (Fsp3) is 0.286. The molecule has 0 saturated carbocycles. The van der Waals surface area contributed by atoms with Gasteiger partial charge in [0.15, 0.2) is 11.5 Å². The van der Waals surface area contributed by atoms with E-state index in [1.807, 2.05) is 72.8 Å². The summed E-state index contributed by atoms with van der Waals surface area (Å²) >= 11 is 0. The van der Waals surface area contributed by atoms with E-state index in [1.165, 1.54) is 0 Å². The summed E-state index contributed by atoms with van der Waals surface area (Å²) in [6, 6.07) is 22.5. The van der Waals surface area contributed by atoms with Crippen LogP contribution in [0.3, 0.4) is 0 Å². The summed E-state index contributed by atoms with van der Waals surface area (Å²) < 4.78 is 17.1. The first kappa shape index (κ1) is 23.4. The molecule has 0 aromatic heterocycles. The molecule has 1 atom stereocenters. The Morgan fingerprint density at radius 1 is 0.941 bits per heavy atom. The third-order valence-corrected chi connectivity index (χ3v) is 5.96. The zero-order valence-electron chi connectivity index (χ0n) is 19.5. The highest BCUT2D eigenvalue weighted by Crippen LogP contribution is 2.39. The van der Waals surface area contributed by atoms with Gasteiger partial charge in [0.1, 0.15) is 12.6 Å². The predicted molar refractivity (Wildman–Crippen MR) is 129 cm³/mol. The average Bonchev–Trinajstić information content (AvgIpc) is 2.87. The monoisotopic (exact) mass is 459 g/mol. The molecule has 3 aromatic carbocycles. The first-order chi connectivity index (χ1) is 16.6. The Hall–Kier alpha value is -3.80. The Morgan fingerprint density at radius 2 is 1.62 bits per heavy atom. The molecule has 0 fully saturated rings. The van der Waals surface area contributed by atoms with Crippen molar-refractivity contribution in [1.82, 2.24) is 4.90 Å². The highest BCUT2D eigenvalue weighted by Gasteiger charge is 2.37. The summed E-state index contributed by atoms with van der Waals surface area (Å²) in [5, 5.41) is 0. The van der Waals surface area contributed by atoms with Crippen LogP contribution in [0.5, 0.6) is 11.5 Å². The SMILES string of the molecule is CCOC(=O)C1Cc2c(ccc(OC)c2OCc2ccccc2)CN1C(=O)Cc1ccccc1. The number of methoxy groups -OCH3 is 1. The number of carbonyl (C=O) groups excluding carboxylic acids is 2. The molecule has 3 aromatic rings. The van der Waals surface area contributed by atoms with Gasteiger partial charge in [0.25, 0.3) is 0 Å². The van der Waals surface area contributed by atoms with Crippen molar-refractivity contribution >= 4 is 11.9 Å². The second kappa shape index (κ2) is 10.9. The number of benzene rings is 3. The Labute approximate surface area is 200 Å². The van der Waals surface area contributed by atoms with E-state index >= 15 is 0 Å². The molecule has 0 N–H and O–H groups in total. The van der Waals surface area contributed by atoms with Crippen molar-refractivity contribution in [3.8, 4) is 11.5 Å². The largest absolute Gasteiger partial charge is 0.493 e. The Kier molecular flexibility index (Phi) is 7.48. The standard InChI is InChI=1S/C28H29NO5/c1-3-33-28(31)24-17-23-22(18-29(24)26(30)16-20-10-6-4-7-11-20)14-15-25(32-2)27(23)34-19-21-12-8-5-9-13-21/h4-15,24H,3,16-19H2,1-2H3. The number of fused-ring (bicyclic) bond motifs is 1. The quantitative estimate of drug-likeness (QED) is 0.469. The molecule has 0 radical (unpaired) electrons. The molecule has 0 saturated heterocycles. The molecule has 6 heteroatoms. The van der Waals surface area contributed by atoms with Gasteiger partial charge in [-0.2, -0.15) is 0 Å². The smallest absolute Gasteiger partial charge is 0.329 e. The number of rotatable bonds is 8. The molecule has 1 amide bonds. The molecule has 1 heterocycles. The number of esters is 1. The lowest BCUT2D eigenvalue weighted by Gasteiger charge is -2.36. The second-order valence-electron chi connectivity index (χ2n) is 8.16. The molecule has 1 aliphatic rings. The molecular formula is C28H29NO5. The summed E-state index contributed by atoms with van der Waals surface area (Å²) in [5.74, 6) is 0.679. The molecule has 34 heavy (non-hydrogen) atoms. The molecular weight excluding hydrogens is 430 g/mol. The number of hydrogen-bond donors (Lipinski definition) is 0. The average molecular weight is 460 g/mol. The van der Waals surface area contributed by atoms with Crippen molar-refractivity contribution in [3.63, 3.8) is 0 Å². The summed E-state index contributed by atoms with van der Waals surface area (Å²) in [4.78, 5) is 27.8. The van der Waals surface area contributed by atoms with E-state index in [2.05, 4.69) is 0 Å². The van der Waals surface area contributed by atoms with Gasteiger partial charge in [-0.15, -0.1) is 0 Å². The van der Waals surface area contributed by atoms with Crippen LogP contribution in [0.15, 0.2) is 72.8 Å². The van der Waals surface area contributed by atoms with Gasteiger partial charge < -0.3 is 19.1 Å². The normalized spacial score (nSPS) is 14.8. The van der Waals surface area contributed by atoms with E-state index in [0.717, 1.165) is 22.3 Å². The van der Waals surface area contributed by atoms with Crippen LogP contribution in [-0.2, 0) is 40.3 Å². The third kappa shape index (κ3) is 5.22. The molecule has 176 valence electrons. The van der Waals surface area contributed by atoms with Crippen LogP contribution < -0.4 is 9.47 Å². The zero-order valence-corrected chi connectivity index (χ0v) is 19.5. The molecule has 4 rings (SSSR count). The van der Waals surface area contributed by atoms with Crippen LogP contribution in [-0.4, -0.2) is 36.5 Å². The number of amides is 1. The lowest BCUT2D eigenvalue weighted by molar-refractivity contribution is -0.155. The summed E-state index contributed by atoms with van der Waals surface area (Å²) in [7, 11) is 1.60. The molecule has 0 bridgehead atoms. The van der Waals surface area contributed by atoms with Crippen LogP contribution in [0, 0.1) is 0 Å². The van der Waals surface area contributed by atoms with Gasteiger partial charge in [-0.1, -0.05) is 66.7 Å². The minimum atomic E-state index is -0.727. The van der Waals surface area contributed by atoms with Gasteiger partial charge >= 0.3 is 5.97 Å². The van der Waals surface area contributed by atoms with Crippen molar-refractivity contribution in [2.45, 2.75) is 39.0 Å². The first-order valence-electron chi connectivity index (χ1n) is 11.5. The lowest BCUT2D eigenvalue weighted by atomic mass is 9.92. The Morgan fingerprint density at radius 3 is 2.26 bits per heavy atom. The topological polar surface area (TPSA) is 65.1 Å². The number of nitrogens with zero attached hydrogens (tertiary/aromatic N) is 1. The fourth-order valence-corrected chi connectivity index (χ4v) is 4.25. The fourth-order valence-electron chi connectivity index (χ4n) is 4.25. The predicted octanol–water partition coefficient (Wildman–Crippen LogP) is 4.33. The summed E-state index contributed by atoms with van der Waals surface area (Å²) in [6.07, 6.45) is 0.523. The van der Waals surface area contributed by atoms with Crippen LogP contribution in [0.2, 0.25) is 0 Å². The maximum Gasteiger partial charge on any atom is 0.329 e. The van der Waals surface area contributed by atoms with Gasteiger partial charge in [0.05, 0.1) is 20.1 Å².